The molecular weight excluding hydrogens is 1750 g/mol. The highest BCUT2D eigenvalue weighted by atomic mass is 19.3. The van der Waals surface area contributed by atoms with Gasteiger partial charge in [0.2, 0.25) is 41.5 Å². The highest BCUT2D eigenvalue weighted by molar-refractivity contribution is 5.69. The van der Waals surface area contributed by atoms with Gasteiger partial charge in [-0.3, -0.25) is 4.79 Å². The second-order valence-electron chi connectivity index (χ2n) is 30.1. The number of halogens is 20. The molecule has 728 valence electrons. The van der Waals surface area contributed by atoms with Crippen molar-refractivity contribution in [2.75, 3.05) is 58.9 Å². The Kier molecular flexibility index (Phi) is 55.4. The third-order valence-corrected chi connectivity index (χ3v) is 16.6. The van der Waals surface area contributed by atoms with Crippen molar-refractivity contribution >= 4 is 58.7 Å². The Morgan fingerprint density at radius 2 is 0.500 bits per heavy atom. The molecule has 0 fully saturated rings. The van der Waals surface area contributed by atoms with Crippen molar-refractivity contribution in [2.45, 2.75) is 187 Å². The van der Waals surface area contributed by atoms with E-state index >= 15 is 0 Å². The molecule has 0 bridgehead atoms. The number of carbonyl (C=O) groups is 1. The average Bonchev–Trinajstić information content (AvgIpc) is 0.870. The Balaban J connectivity index is 0.000000747. The van der Waals surface area contributed by atoms with Gasteiger partial charge in [-0.2, -0.15) is 6.54 Å². The summed E-state index contributed by atoms with van der Waals surface area (Å²) in [5.41, 5.74) is 10.6. The normalized spacial score (nSPS) is 11.5. The van der Waals surface area contributed by atoms with Crippen molar-refractivity contribution in [1.82, 2.24) is 0 Å². The van der Waals surface area contributed by atoms with Gasteiger partial charge in [0.1, 0.15) is 5.75 Å². The second-order valence-corrected chi connectivity index (χ2v) is 30.1. The van der Waals surface area contributed by atoms with Crippen LogP contribution in [0.3, 0.4) is 0 Å². The van der Waals surface area contributed by atoms with Gasteiger partial charge in [0, 0.05) is 19.8 Å². The number of esters is 1. The summed E-state index contributed by atoms with van der Waals surface area (Å²) in [5.74, 6) is -31.8. The molecule has 0 amide bonds. The number of ether oxygens (including phenoxy) is 1. The lowest BCUT2D eigenvalue weighted by molar-refractivity contribution is -0.132. The van der Waals surface area contributed by atoms with Crippen LogP contribution in [0.15, 0.2) is 269 Å². The summed E-state index contributed by atoms with van der Waals surface area (Å²) < 4.78 is 259. The molecule has 0 aliphatic rings. The summed E-state index contributed by atoms with van der Waals surface area (Å²) in [7, 11) is 0. The second kappa shape index (κ2) is 61.5. The molecule has 9 rings (SSSR count). The van der Waals surface area contributed by atoms with Crippen LogP contribution in [0.1, 0.15) is 146 Å². The van der Waals surface area contributed by atoms with Gasteiger partial charge in [-0.15, -0.1) is 61.2 Å². The summed E-state index contributed by atoms with van der Waals surface area (Å²) in [6.45, 7) is 24.7. The highest BCUT2D eigenvalue weighted by Gasteiger charge is 2.39. The van der Waals surface area contributed by atoms with Crippen LogP contribution in [0, 0.1) is 0 Å². The van der Waals surface area contributed by atoms with E-state index in [0.29, 0.717) is 50.9 Å². The topological polar surface area (TPSA) is 153 Å². The zero-order valence-electron chi connectivity index (χ0n) is 75.9. The molecule has 9 aromatic rings. The highest BCUT2D eigenvalue weighted by Crippen LogP contribution is 2.37. The molecule has 0 aliphatic heterocycles. The van der Waals surface area contributed by atoms with Crippen LogP contribution >= 0.6 is 0 Å². The molecule has 0 radical (unpaired) electrons. The quantitative estimate of drug-likeness (QED) is 0.0212. The lowest BCUT2D eigenvalue weighted by Gasteiger charge is -2.29. The number of carbonyl (C=O) groups excluding carboxylic acids is 1. The zero-order chi connectivity index (χ0) is 99.6. The molecule has 0 aliphatic carbocycles. The largest absolute Gasteiger partial charge is 0.685 e. The number of hydrogen-bond donors (Lipinski definition) is 0. The van der Waals surface area contributed by atoms with Crippen molar-refractivity contribution in [1.29, 1.82) is 0 Å². The Bertz CT molecular complexity index is 4520. The van der Waals surface area contributed by atoms with E-state index in [4.69, 9.17) is 4.74 Å². The molecule has 132 heavy (non-hydrogen) atoms. The smallest absolute Gasteiger partial charge is 0.308 e. The third kappa shape index (κ3) is 65.4. The van der Waals surface area contributed by atoms with Crippen LogP contribution in [-0.2, 0) is 31.0 Å². The molecule has 9 aromatic carbocycles. The molecule has 0 spiro atoms. The minimum Gasteiger partial charge on any atom is -0.685 e. The molecule has 0 saturated heterocycles. The number of rotatable bonds is 42. The number of nitrogens with zero attached hydrogens (tertiary/aromatic N) is 9. The average molecular weight is 1870 g/mol. The Labute approximate surface area is 765 Å². The van der Waals surface area contributed by atoms with Crippen molar-refractivity contribution in [3.05, 3.63) is 361 Å². The van der Waals surface area contributed by atoms with Crippen molar-refractivity contribution < 1.29 is 97.3 Å². The predicted molar refractivity (Wildman–Crippen MR) is 500 cm³/mol. The summed E-state index contributed by atoms with van der Waals surface area (Å²) in [6.07, 6.45) is 2.00. The third-order valence-electron chi connectivity index (χ3n) is 16.6. The monoisotopic (exact) mass is 1870 g/mol. The van der Waals surface area contributed by atoms with Gasteiger partial charge in [-0.05, 0) is 69.0 Å². The van der Waals surface area contributed by atoms with Crippen LogP contribution in [-0.4, -0.2) is 124 Å². The number of alkyl halides is 20. The first-order valence-corrected chi connectivity index (χ1v) is 41.7. The lowest BCUT2D eigenvalue weighted by atomic mass is 10.1. The minimum atomic E-state index is -3.58. The Morgan fingerprint density at radius 1 is 0.273 bits per heavy atom. The SMILES string of the molecule is C=Cc1ccc([N-]CC(C)(F)F)cc1.C=Cc1ccc([N-]CC(F)(F)CC(C)(F)F)cc1.C=Cc1ccc([N-]CC(F)(F)CC)cc1.C=Cc1ccc([N-]CC)cc1.CC(=O)Oc1ccc([N-]CC(F)(F)CC(C)(F)F)cc1.CC(F)(F)CC(F)(F)C[N-]Cc1ccccc1.CC(F)(F)C[N-]Cc1ccccc1.CCC(F)(F)C[N-]Cc1ccccc1.CC[N-]Cc1ccccc1. The van der Waals surface area contributed by atoms with Crippen LogP contribution in [0.25, 0.3) is 72.2 Å². The zero-order valence-corrected chi connectivity index (χ0v) is 75.9. The summed E-state index contributed by atoms with van der Waals surface area (Å²) in [6, 6.07) is 71.8. The van der Waals surface area contributed by atoms with Gasteiger partial charge in [-0.1, -0.05) is 377 Å². The fourth-order valence-electron chi connectivity index (χ4n) is 10.1. The fraction of sp³-hybridized carbons (Fsp3) is 0.376. The van der Waals surface area contributed by atoms with E-state index < -0.39 is 124 Å². The first-order valence-electron chi connectivity index (χ1n) is 41.7. The van der Waals surface area contributed by atoms with E-state index in [1.807, 2.05) is 116 Å². The van der Waals surface area contributed by atoms with E-state index in [2.05, 4.69) is 93.2 Å². The van der Waals surface area contributed by atoms with E-state index in [1.54, 1.807) is 109 Å². The minimum absolute atomic E-state index is 0.117. The fourth-order valence-corrected chi connectivity index (χ4v) is 10.1. The molecule has 0 saturated carbocycles. The van der Waals surface area contributed by atoms with Gasteiger partial charge in [-0.25, -0.2) is 87.8 Å². The summed E-state index contributed by atoms with van der Waals surface area (Å²) in [4.78, 5) is 10.7. The van der Waals surface area contributed by atoms with E-state index in [1.165, 1.54) is 62.7 Å². The van der Waals surface area contributed by atoms with Crippen molar-refractivity contribution in [2.24, 2.45) is 0 Å². The predicted octanol–water partition coefficient (Wildman–Crippen LogP) is 34.7. The molecule has 0 aromatic heterocycles. The van der Waals surface area contributed by atoms with Crippen LogP contribution in [0.2, 0.25) is 0 Å². The maximum absolute atomic E-state index is 13.2. The number of hydrogen-bond acceptors (Lipinski definition) is 2. The van der Waals surface area contributed by atoms with Crippen molar-refractivity contribution in [3.8, 4) is 5.75 Å². The van der Waals surface area contributed by atoms with Crippen LogP contribution in [0.4, 0.5) is 116 Å². The standard InChI is InChI=1S/C13H14F4NO2.C13H14F4N.C12H14F4N.C12H14F2N.C11H12F2N.C11H14F2N.C10H12F2N.C10H12N.C9H12N/c1-9(19)20-11-5-3-10(4-6-11)18-8-13(16,17)7-12(2,14)15;1-3-10-4-6-11(7-5-10)18-9-13(16,17)8-12(2,14)15;1-11(13,14)8-12(15,16)9-17-7-10-5-3-2-4-6-10;1-3-10-5-7-11(8-6-10)15-9-12(13,14)4-2;1-3-9-4-6-10(7-5-9)14-8-11(2,12)13;1-2-11(12,13)9-14-8-10-6-4-3-5-7-10;1-10(11,12)8-13-7-9-5-3-2-4-6-9;1-3-9-5-7-10(8-6-9)11-4-2;1-2-10-8-9-6-4-3-5-7-9/h3-6H,7-8H2,1-2H3;3-7H,1,8-9H2,2H3;2-6H,7-9H2,1H3;3,5-8H,1,4,9H2,2H3;3-7H,1,8H2,2H3;3-7H,2,8-9H2,1H3;2-6H,7-8H2,1H3;3,5-8H,1,4H2,2H3;3-7H,2,8H2,1H3/q9*-1. The molecule has 11 nitrogen and oxygen atoms in total. The Hall–Kier alpha value is -11.2. The first-order chi connectivity index (χ1) is 61.7. The maximum Gasteiger partial charge on any atom is 0.308 e. The molecule has 31 heteroatoms. The van der Waals surface area contributed by atoms with Gasteiger partial charge in [0.15, 0.2) is 0 Å². The molecule has 0 N–H and O–H groups in total. The Morgan fingerprint density at radius 3 is 0.742 bits per heavy atom. The van der Waals surface area contributed by atoms with Gasteiger partial charge in [0.05, 0.1) is 19.3 Å². The lowest BCUT2D eigenvalue weighted by Crippen LogP contribution is -2.29. The van der Waals surface area contributed by atoms with Crippen LogP contribution < -0.4 is 4.74 Å². The molecular formula is C101H118F20N9O2-9. The van der Waals surface area contributed by atoms with Gasteiger partial charge in [0.25, 0.3) is 17.8 Å². The first kappa shape index (κ1) is 119. The maximum atomic E-state index is 13.2. The van der Waals surface area contributed by atoms with Crippen molar-refractivity contribution in [3.63, 3.8) is 0 Å². The van der Waals surface area contributed by atoms with Gasteiger partial charge < -0.3 is 52.6 Å². The molecule has 0 unspecified atom stereocenters. The summed E-state index contributed by atoms with van der Waals surface area (Å²) >= 11 is 0. The molecule has 0 heterocycles. The summed E-state index contributed by atoms with van der Waals surface area (Å²) in [5, 5.41) is 34.5. The van der Waals surface area contributed by atoms with E-state index in [0.717, 1.165) is 78.1 Å². The van der Waals surface area contributed by atoms with Gasteiger partial charge >= 0.3 is 5.97 Å². The van der Waals surface area contributed by atoms with E-state index in [-0.39, 0.29) is 37.4 Å². The van der Waals surface area contributed by atoms with E-state index in [9.17, 15) is 92.6 Å². The van der Waals surface area contributed by atoms with Crippen LogP contribution in [0.5, 0.6) is 5.75 Å². The number of benzene rings is 9. The molecule has 0 atom stereocenters.